The van der Waals surface area contributed by atoms with E-state index in [1.165, 1.54) is 17.2 Å². The monoisotopic (exact) mass is 461 g/mol. The first kappa shape index (κ1) is 21.4. The molecule has 1 amide bonds. The fourth-order valence-corrected chi connectivity index (χ4v) is 3.80. The Morgan fingerprint density at radius 3 is 2.79 bits per heavy atom. The lowest BCUT2D eigenvalue weighted by Crippen LogP contribution is -2.26. The highest BCUT2D eigenvalue weighted by Crippen LogP contribution is 2.29. The van der Waals surface area contributed by atoms with Crippen molar-refractivity contribution in [2.24, 2.45) is 0 Å². The summed E-state index contributed by atoms with van der Waals surface area (Å²) in [5.74, 6) is -0.687. The first-order valence-electron chi connectivity index (χ1n) is 10.6. The molecule has 4 heterocycles. The minimum absolute atomic E-state index is 0.125. The van der Waals surface area contributed by atoms with Crippen LogP contribution in [-0.4, -0.2) is 54.1 Å². The van der Waals surface area contributed by atoms with Crippen molar-refractivity contribution < 1.29 is 18.7 Å². The Morgan fingerprint density at radius 1 is 1.24 bits per heavy atom. The van der Waals surface area contributed by atoms with Crippen LogP contribution >= 0.6 is 0 Å². The molecule has 5 rings (SSSR count). The van der Waals surface area contributed by atoms with E-state index in [4.69, 9.17) is 4.74 Å². The summed E-state index contributed by atoms with van der Waals surface area (Å²) < 4.78 is 23.6. The second kappa shape index (κ2) is 8.85. The number of aryl methyl sites for hydroxylation is 1. The van der Waals surface area contributed by atoms with Gasteiger partial charge in [-0.1, -0.05) is 11.3 Å². The number of halogens is 1. The number of nitrogens with zero attached hydrogens (tertiary/aromatic N) is 7. The number of imidazole rings is 1. The molecule has 1 saturated heterocycles. The molecular formula is C23H20FN7O3. The van der Waals surface area contributed by atoms with Gasteiger partial charge in [-0.3, -0.25) is 14.7 Å². The van der Waals surface area contributed by atoms with Crippen LogP contribution in [-0.2, 0) is 17.8 Å². The lowest BCUT2D eigenvalue weighted by atomic mass is 10.1. The number of cyclic esters (lactones) is 1. The van der Waals surface area contributed by atoms with E-state index in [0.717, 1.165) is 5.69 Å². The number of benzene rings is 1. The Morgan fingerprint density at radius 2 is 2.12 bits per heavy atom. The maximum Gasteiger partial charge on any atom is 0.414 e. The molecule has 4 aromatic rings. The molecule has 3 aromatic heterocycles. The molecule has 0 radical (unpaired) electrons. The lowest BCUT2D eigenvalue weighted by molar-refractivity contribution is 0.0967. The zero-order valence-corrected chi connectivity index (χ0v) is 18.2. The van der Waals surface area contributed by atoms with Crippen LogP contribution in [0.5, 0.6) is 0 Å². The molecule has 34 heavy (non-hydrogen) atoms. The number of anilines is 1. The van der Waals surface area contributed by atoms with Gasteiger partial charge in [0.15, 0.2) is 0 Å². The van der Waals surface area contributed by atoms with Gasteiger partial charge in [-0.25, -0.2) is 18.9 Å². The molecular weight excluding hydrogens is 441 g/mol. The Hall–Kier alpha value is -4.41. The summed E-state index contributed by atoms with van der Waals surface area (Å²) in [6, 6.07) is 7.74. The Balaban J connectivity index is 1.28. The van der Waals surface area contributed by atoms with Crippen molar-refractivity contribution in [3.05, 3.63) is 78.7 Å². The predicted molar refractivity (Wildman–Crippen MR) is 119 cm³/mol. The van der Waals surface area contributed by atoms with E-state index in [2.05, 4.69) is 20.3 Å². The van der Waals surface area contributed by atoms with E-state index in [9.17, 15) is 14.0 Å². The minimum atomic E-state index is -0.546. The van der Waals surface area contributed by atoms with Crippen LogP contribution in [0.4, 0.5) is 14.9 Å². The number of pyridine rings is 1. The standard InChI is InChI=1S/C23H20FN7O3/c1-15-10-29(14-26-15)13-22(32)21-5-2-16(9-25-21)19-4-3-17(8-20(19)24)31-12-18(34-23(31)33)11-30-7-6-27-28-30/h2-10,14,18H,11-13H2,1H3/t18-/m0/s1. The van der Waals surface area contributed by atoms with Crippen molar-refractivity contribution in [2.75, 3.05) is 11.4 Å². The van der Waals surface area contributed by atoms with Crippen molar-refractivity contribution >= 4 is 17.6 Å². The maximum atomic E-state index is 15.0. The van der Waals surface area contributed by atoms with E-state index >= 15 is 0 Å². The van der Waals surface area contributed by atoms with Gasteiger partial charge in [0.1, 0.15) is 17.6 Å². The van der Waals surface area contributed by atoms with Crippen LogP contribution in [0.15, 0.2) is 61.4 Å². The van der Waals surface area contributed by atoms with Gasteiger partial charge >= 0.3 is 6.09 Å². The van der Waals surface area contributed by atoms with Crippen LogP contribution < -0.4 is 4.90 Å². The van der Waals surface area contributed by atoms with Crippen molar-refractivity contribution in [3.8, 4) is 11.1 Å². The zero-order valence-electron chi connectivity index (χ0n) is 18.2. The van der Waals surface area contributed by atoms with E-state index in [0.29, 0.717) is 23.4 Å². The number of amides is 1. The van der Waals surface area contributed by atoms with E-state index in [-0.39, 0.29) is 24.6 Å². The Kier molecular flexibility index (Phi) is 5.58. The molecule has 0 unspecified atom stereocenters. The van der Waals surface area contributed by atoms with Crippen molar-refractivity contribution in [1.29, 1.82) is 0 Å². The number of rotatable bonds is 7. The molecule has 1 fully saturated rings. The molecule has 10 nitrogen and oxygen atoms in total. The van der Waals surface area contributed by atoms with Gasteiger partial charge in [0.25, 0.3) is 0 Å². The summed E-state index contributed by atoms with van der Waals surface area (Å²) in [6.07, 6.45) is 7.08. The molecule has 1 aliphatic rings. The molecule has 0 N–H and O–H groups in total. The highest BCUT2D eigenvalue weighted by Gasteiger charge is 2.33. The van der Waals surface area contributed by atoms with Crippen LogP contribution in [0, 0.1) is 12.7 Å². The van der Waals surface area contributed by atoms with Gasteiger partial charge in [-0.15, -0.1) is 5.10 Å². The van der Waals surface area contributed by atoms with Gasteiger partial charge in [0.05, 0.1) is 43.5 Å². The number of carbonyl (C=O) groups is 2. The summed E-state index contributed by atoms with van der Waals surface area (Å²) in [7, 11) is 0. The number of hydrogen-bond donors (Lipinski definition) is 0. The van der Waals surface area contributed by atoms with Gasteiger partial charge in [0, 0.05) is 29.7 Å². The summed E-state index contributed by atoms with van der Waals surface area (Å²) in [5.41, 5.74) is 2.33. The topological polar surface area (TPSA) is 108 Å². The number of carbonyl (C=O) groups excluding carboxylic acids is 2. The molecule has 0 bridgehead atoms. The smallest absolute Gasteiger partial charge is 0.414 e. The summed E-state index contributed by atoms with van der Waals surface area (Å²) in [4.78, 5) is 34.4. The van der Waals surface area contributed by atoms with Gasteiger partial charge in [0.2, 0.25) is 5.78 Å². The van der Waals surface area contributed by atoms with Crippen LogP contribution in [0.2, 0.25) is 0 Å². The number of Topliss-reactive ketones (excluding diaryl/α,β-unsaturated/α-hetero) is 1. The highest BCUT2D eigenvalue weighted by molar-refractivity contribution is 5.94. The summed E-state index contributed by atoms with van der Waals surface area (Å²) >= 11 is 0. The number of ether oxygens (including phenoxy) is 1. The second-order valence-electron chi connectivity index (χ2n) is 7.95. The van der Waals surface area contributed by atoms with E-state index in [1.807, 2.05) is 6.92 Å². The quantitative estimate of drug-likeness (QED) is 0.390. The second-order valence-corrected chi connectivity index (χ2v) is 7.95. The predicted octanol–water partition coefficient (Wildman–Crippen LogP) is 2.89. The van der Waals surface area contributed by atoms with E-state index < -0.39 is 18.0 Å². The Bertz CT molecular complexity index is 1340. The first-order chi connectivity index (χ1) is 16.5. The molecule has 172 valence electrons. The van der Waals surface area contributed by atoms with Gasteiger partial charge < -0.3 is 9.30 Å². The molecule has 0 spiro atoms. The largest absolute Gasteiger partial charge is 0.442 e. The highest BCUT2D eigenvalue weighted by atomic mass is 19.1. The van der Waals surface area contributed by atoms with Crippen LogP contribution in [0.1, 0.15) is 16.2 Å². The SMILES string of the molecule is Cc1cn(CC(=O)c2ccc(-c3ccc(N4C[C@H](Cn5ccnn5)OC4=O)cc3F)cn2)cn1. The fourth-order valence-electron chi connectivity index (χ4n) is 3.80. The third-order valence-electron chi connectivity index (χ3n) is 5.45. The summed E-state index contributed by atoms with van der Waals surface area (Å²) in [5, 5.41) is 7.59. The minimum Gasteiger partial charge on any atom is -0.442 e. The van der Waals surface area contributed by atoms with Crippen molar-refractivity contribution in [1.82, 2.24) is 29.5 Å². The maximum absolute atomic E-state index is 15.0. The molecule has 0 saturated carbocycles. The third kappa shape index (κ3) is 4.40. The lowest BCUT2D eigenvalue weighted by Gasteiger charge is -2.14. The average Bonchev–Trinajstić information content (AvgIpc) is 3.56. The van der Waals surface area contributed by atoms with Crippen LogP contribution in [0.25, 0.3) is 11.1 Å². The average molecular weight is 461 g/mol. The number of hydrogen-bond acceptors (Lipinski definition) is 7. The summed E-state index contributed by atoms with van der Waals surface area (Å²) in [6.45, 7) is 2.60. The van der Waals surface area contributed by atoms with Gasteiger partial charge in [-0.2, -0.15) is 0 Å². The van der Waals surface area contributed by atoms with Crippen LogP contribution in [0.3, 0.4) is 0 Å². The number of ketones is 1. The zero-order chi connectivity index (χ0) is 23.7. The van der Waals surface area contributed by atoms with E-state index in [1.54, 1.807) is 58.4 Å². The number of aromatic nitrogens is 6. The molecule has 1 atom stereocenters. The molecule has 0 aliphatic carbocycles. The first-order valence-corrected chi connectivity index (χ1v) is 10.6. The third-order valence-corrected chi connectivity index (χ3v) is 5.45. The normalized spacial score (nSPS) is 15.5. The fraction of sp³-hybridized carbons (Fsp3) is 0.217. The molecule has 11 heteroatoms. The molecule has 1 aromatic carbocycles. The Labute approximate surface area is 193 Å². The van der Waals surface area contributed by atoms with Gasteiger partial charge in [-0.05, 0) is 31.2 Å². The molecule has 1 aliphatic heterocycles. The van der Waals surface area contributed by atoms with Crippen molar-refractivity contribution in [2.45, 2.75) is 26.1 Å². The van der Waals surface area contributed by atoms with Crippen molar-refractivity contribution in [3.63, 3.8) is 0 Å².